The largest absolute Gasteiger partial charge is 0.473 e. The van der Waals surface area contributed by atoms with Crippen molar-refractivity contribution in [1.82, 2.24) is 15.1 Å². The van der Waals surface area contributed by atoms with Crippen molar-refractivity contribution in [3.8, 4) is 5.75 Å². The van der Waals surface area contributed by atoms with Gasteiger partial charge in [-0.25, -0.2) is 4.79 Å². The summed E-state index contributed by atoms with van der Waals surface area (Å²) in [7, 11) is 0. The molecule has 6 nitrogen and oxygen atoms in total. The third-order valence-electron chi connectivity index (χ3n) is 3.95. The van der Waals surface area contributed by atoms with Crippen molar-refractivity contribution in [3.05, 3.63) is 29.3 Å². The minimum absolute atomic E-state index is 0.0538. The highest BCUT2D eigenvalue weighted by atomic mass is 16.5. The lowest BCUT2D eigenvalue weighted by atomic mass is 10.1. The van der Waals surface area contributed by atoms with Gasteiger partial charge in [0.15, 0.2) is 6.73 Å². The minimum atomic E-state index is -0.160. The van der Waals surface area contributed by atoms with E-state index in [9.17, 15) is 9.59 Å². The van der Waals surface area contributed by atoms with Gasteiger partial charge in [-0.05, 0) is 37.1 Å². The van der Waals surface area contributed by atoms with E-state index in [1.54, 1.807) is 16.7 Å². The zero-order valence-electron chi connectivity index (χ0n) is 13.4. The number of rotatable bonds is 3. The molecule has 0 bridgehead atoms. The second-order valence-electron chi connectivity index (χ2n) is 5.51. The lowest BCUT2D eigenvalue weighted by Crippen LogP contribution is -2.53. The summed E-state index contributed by atoms with van der Waals surface area (Å²) in [4.78, 5) is 26.7. The van der Waals surface area contributed by atoms with Crippen LogP contribution in [-0.2, 0) is 4.79 Å². The maximum absolute atomic E-state index is 12.0. The van der Waals surface area contributed by atoms with Crippen LogP contribution in [0.15, 0.2) is 18.2 Å². The van der Waals surface area contributed by atoms with Crippen molar-refractivity contribution in [1.29, 1.82) is 0 Å². The number of carbonyl (C=O) groups excluding carboxylic acids is 2. The molecular formula is C16H23N3O3. The van der Waals surface area contributed by atoms with Gasteiger partial charge in [-0.15, -0.1) is 0 Å². The Morgan fingerprint density at radius 1 is 1.09 bits per heavy atom. The van der Waals surface area contributed by atoms with Gasteiger partial charge in [0.1, 0.15) is 5.75 Å². The molecule has 1 aromatic rings. The highest BCUT2D eigenvalue weighted by molar-refractivity contribution is 5.76. The number of piperazine rings is 1. The molecule has 6 heteroatoms. The van der Waals surface area contributed by atoms with E-state index < -0.39 is 0 Å². The van der Waals surface area contributed by atoms with Crippen molar-refractivity contribution in [2.24, 2.45) is 0 Å². The summed E-state index contributed by atoms with van der Waals surface area (Å²) in [6.07, 6.45) is 0. The van der Waals surface area contributed by atoms with Gasteiger partial charge in [0.2, 0.25) is 5.91 Å². The Balaban J connectivity index is 1.74. The molecule has 0 atom stereocenters. The Hall–Kier alpha value is -2.24. The topological polar surface area (TPSA) is 61.9 Å². The number of nitrogens with zero attached hydrogens (tertiary/aromatic N) is 2. The van der Waals surface area contributed by atoms with Gasteiger partial charge in [-0.3, -0.25) is 4.79 Å². The highest BCUT2D eigenvalue weighted by Gasteiger charge is 2.21. The fourth-order valence-electron chi connectivity index (χ4n) is 2.32. The van der Waals surface area contributed by atoms with Crippen molar-refractivity contribution in [2.45, 2.75) is 20.8 Å². The van der Waals surface area contributed by atoms with Crippen LogP contribution in [0.2, 0.25) is 0 Å². The molecule has 1 aliphatic rings. The molecule has 2 rings (SSSR count). The van der Waals surface area contributed by atoms with Crippen LogP contribution in [0, 0.1) is 13.8 Å². The van der Waals surface area contributed by atoms with Crippen molar-refractivity contribution < 1.29 is 14.3 Å². The molecule has 0 aliphatic carbocycles. The molecule has 0 unspecified atom stereocenters. The molecule has 3 amide bonds. The van der Waals surface area contributed by atoms with Crippen LogP contribution in [0.1, 0.15) is 18.1 Å². The number of aryl methyl sites for hydroxylation is 2. The van der Waals surface area contributed by atoms with E-state index in [2.05, 4.69) is 5.32 Å². The number of ether oxygens (including phenoxy) is 1. The van der Waals surface area contributed by atoms with Gasteiger partial charge < -0.3 is 19.9 Å². The zero-order chi connectivity index (χ0) is 16.1. The molecule has 120 valence electrons. The summed E-state index contributed by atoms with van der Waals surface area (Å²) in [5.41, 5.74) is 2.36. The molecule has 1 aromatic carbocycles. The third kappa shape index (κ3) is 4.13. The standard InChI is InChI=1S/C16H23N3O3/c1-12-4-5-15(10-13(12)2)22-11-17-16(21)19-8-6-18(7-9-19)14(3)20/h4-5,10H,6-9,11H2,1-3H3,(H,17,21). The van der Waals surface area contributed by atoms with Crippen LogP contribution < -0.4 is 10.1 Å². The number of benzene rings is 1. The van der Waals surface area contributed by atoms with Crippen LogP contribution in [0.4, 0.5) is 4.79 Å². The van der Waals surface area contributed by atoms with E-state index in [1.165, 1.54) is 5.56 Å². The third-order valence-corrected chi connectivity index (χ3v) is 3.95. The lowest BCUT2D eigenvalue weighted by Gasteiger charge is -2.34. The summed E-state index contributed by atoms with van der Waals surface area (Å²) in [6.45, 7) is 8.02. The molecule has 0 spiro atoms. The smallest absolute Gasteiger partial charge is 0.320 e. The first kappa shape index (κ1) is 16.1. The zero-order valence-corrected chi connectivity index (χ0v) is 13.4. The molecule has 1 fully saturated rings. The molecule has 1 aliphatic heterocycles. The molecule has 22 heavy (non-hydrogen) atoms. The van der Waals surface area contributed by atoms with Crippen molar-refractivity contribution in [2.75, 3.05) is 32.9 Å². The SMILES string of the molecule is CC(=O)N1CCN(C(=O)NCOc2ccc(C)c(C)c2)CC1. The van der Waals surface area contributed by atoms with Gasteiger partial charge in [-0.1, -0.05) is 6.07 Å². The Morgan fingerprint density at radius 2 is 1.73 bits per heavy atom. The molecule has 1 saturated heterocycles. The van der Waals surface area contributed by atoms with E-state index in [-0.39, 0.29) is 18.7 Å². The minimum Gasteiger partial charge on any atom is -0.473 e. The fraction of sp³-hybridized carbons (Fsp3) is 0.500. The summed E-state index contributed by atoms with van der Waals surface area (Å²) >= 11 is 0. The maximum Gasteiger partial charge on any atom is 0.320 e. The fourth-order valence-corrected chi connectivity index (χ4v) is 2.32. The summed E-state index contributed by atoms with van der Waals surface area (Å²) < 4.78 is 5.54. The van der Waals surface area contributed by atoms with Crippen LogP contribution in [0.25, 0.3) is 0 Å². The molecule has 0 aromatic heterocycles. The quantitative estimate of drug-likeness (QED) is 0.861. The number of urea groups is 1. The van der Waals surface area contributed by atoms with Crippen molar-refractivity contribution >= 4 is 11.9 Å². The number of amides is 3. The number of hydrogen-bond acceptors (Lipinski definition) is 3. The van der Waals surface area contributed by atoms with Crippen LogP contribution in [0.3, 0.4) is 0 Å². The molecule has 0 saturated carbocycles. The van der Waals surface area contributed by atoms with E-state index in [0.717, 1.165) is 11.3 Å². The van der Waals surface area contributed by atoms with Gasteiger partial charge in [0.05, 0.1) is 0 Å². The summed E-state index contributed by atoms with van der Waals surface area (Å²) in [5, 5.41) is 2.74. The summed E-state index contributed by atoms with van der Waals surface area (Å²) in [5.74, 6) is 0.794. The second-order valence-corrected chi connectivity index (χ2v) is 5.51. The van der Waals surface area contributed by atoms with Gasteiger partial charge >= 0.3 is 6.03 Å². The first-order valence-electron chi connectivity index (χ1n) is 7.45. The predicted molar refractivity (Wildman–Crippen MR) is 83.8 cm³/mol. The highest BCUT2D eigenvalue weighted by Crippen LogP contribution is 2.15. The van der Waals surface area contributed by atoms with Gasteiger partial charge in [-0.2, -0.15) is 0 Å². The van der Waals surface area contributed by atoms with Crippen LogP contribution in [-0.4, -0.2) is 54.6 Å². The molecular weight excluding hydrogens is 282 g/mol. The Labute approximate surface area is 131 Å². The number of hydrogen-bond donors (Lipinski definition) is 1. The maximum atomic E-state index is 12.0. The predicted octanol–water partition coefficient (Wildman–Crippen LogP) is 1.51. The van der Waals surface area contributed by atoms with E-state index in [1.807, 2.05) is 32.0 Å². The number of nitrogens with one attached hydrogen (secondary N) is 1. The van der Waals surface area contributed by atoms with Gasteiger partial charge in [0.25, 0.3) is 0 Å². The molecule has 1 N–H and O–H groups in total. The average Bonchev–Trinajstić information content (AvgIpc) is 2.51. The van der Waals surface area contributed by atoms with Crippen molar-refractivity contribution in [3.63, 3.8) is 0 Å². The Kier molecular flexibility index (Phi) is 5.25. The Bertz CT molecular complexity index is 552. The van der Waals surface area contributed by atoms with E-state index in [0.29, 0.717) is 26.2 Å². The number of carbonyl (C=O) groups is 2. The van der Waals surface area contributed by atoms with Crippen LogP contribution in [0.5, 0.6) is 5.75 Å². The molecule has 0 radical (unpaired) electrons. The molecule has 1 heterocycles. The van der Waals surface area contributed by atoms with E-state index >= 15 is 0 Å². The van der Waals surface area contributed by atoms with Gasteiger partial charge in [0, 0.05) is 33.1 Å². The first-order valence-corrected chi connectivity index (χ1v) is 7.45. The first-order chi connectivity index (χ1) is 10.5. The second kappa shape index (κ2) is 7.15. The Morgan fingerprint density at radius 3 is 2.32 bits per heavy atom. The van der Waals surface area contributed by atoms with Crippen LogP contribution >= 0.6 is 0 Å². The summed E-state index contributed by atoms with van der Waals surface area (Å²) in [6, 6.07) is 5.67. The lowest BCUT2D eigenvalue weighted by molar-refractivity contribution is -0.130. The normalized spacial score (nSPS) is 14.7. The van der Waals surface area contributed by atoms with E-state index in [4.69, 9.17) is 4.74 Å². The monoisotopic (exact) mass is 305 g/mol. The average molecular weight is 305 g/mol.